The summed E-state index contributed by atoms with van der Waals surface area (Å²) in [6, 6.07) is 6.36. The van der Waals surface area contributed by atoms with Crippen LogP contribution in [0.15, 0.2) is 18.2 Å². The maximum absolute atomic E-state index is 10.7. The Kier molecular flexibility index (Phi) is 4.24. The van der Waals surface area contributed by atoms with Gasteiger partial charge < -0.3 is 10.1 Å². The Hall–Kier alpha value is -2.13. The largest absolute Gasteiger partial charge is 0.472 e. The van der Waals surface area contributed by atoms with Crippen molar-refractivity contribution in [3.05, 3.63) is 33.9 Å². The lowest BCUT2D eigenvalue weighted by atomic mass is 10.2. The van der Waals surface area contributed by atoms with Crippen LogP contribution in [0.3, 0.4) is 0 Å². The Labute approximate surface area is 92.6 Å². The summed E-state index contributed by atoms with van der Waals surface area (Å²) in [6.45, 7) is 0.380. The molecule has 0 saturated carbocycles. The zero-order valence-corrected chi connectivity index (χ0v) is 8.77. The number of nitro groups is 1. The summed E-state index contributed by atoms with van der Waals surface area (Å²) in [4.78, 5) is 10.1. The van der Waals surface area contributed by atoms with E-state index in [1.807, 2.05) is 0 Å². The first-order valence-electron chi connectivity index (χ1n) is 4.60. The van der Waals surface area contributed by atoms with E-state index in [1.54, 1.807) is 25.2 Å². The quantitative estimate of drug-likeness (QED) is 0.596. The van der Waals surface area contributed by atoms with Crippen molar-refractivity contribution in [3.63, 3.8) is 0 Å². The van der Waals surface area contributed by atoms with Crippen molar-refractivity contribution in [3.8, 4) is 11.8 Å². The van der Waals surface area contributed by atoms with E-state index < -0.39 is 4.92 Å². The van der Waals surface area contributed by atoms with Crippen LogP contribution in [0.1, 0.15) is 5.56 Å². The number of ether oxygens (including phenoxy) is 1. The number of nitriles is 1. The molecule has 0 amide bonds. The molecule has 0 aliphatic carbocycles. The first-order valence-corrected chi connectivity index (χ1v) is 4.60. The minimum absolute atomic E-state index is 0.124. The Balaban J connectivity index is 3.01. The third kappa shape index (κ3) is 2.93. The van der Waals surface area contributed by atoms with Gasteiger partial charge in [0.25, 0.3) is 0 Å². The van der Waals surface area contributed by atoms with E-state index >= 15 is 0 Å². The number of rotatable bonds is 5. The average molecular weight is 221 g/mol. The first kappa shape index (κ1) is 11.9. The molecule has 6 heteroatoms. The van der Waals surface area contributed by atoms with Crippen LogP contribution >= 0.6 is 0 Å². The molecule has 0 fully saturated rings. The number of nitro benzene ring substituents is 1. The molecule has 6 nitrogen and oxygen atoms in total. The highest BCUT2D eigenvalue weighted by Gasteiger charge is 2.15. The lowest BCUT2D eigenvalue weighted by molar-refractivity contribution is -0.385. The van der Waals surface area contributed by atoms with Gasteiger partial charge in [0.2, 0.25) is 0 Å². The summed E-state index contributed by atoms with van der Waals surface area (Å²) < 4.78 is 5.00. The van der Waals surface area contributed by atoms with Gasteiger partial charge in [0.1, 0.15) is 6.07 Å². The smallest absolute Gasteiger partial charge is 0.310 e. The van der Waals surface area contributed by atoms with Gasteiger partial charge in [-0.25, -0.2) is 0 Å². The van der Waals surface area contributed by atoms with Gasteiger partial charge in [-0.15, -0.1) is 0 Å². The van der Waals surface area contributed by atoms with Gasteiger partial charge in [0, 0.05) is 12.6 Å². The summed E-state index contributed by atoms with van der Waals surface area (Å²) in [5.74, 6) is 0.124. The molecule has 0 bridgehead atoms. The maximum atomic E-state index is 10.7. The molecule has 0 aromatic heterocycles. The van der Waals surface area contributed by atoms with E-state index in [-0.39, 0.29) is 18.0 Å². The number of nitrogens with zero attached hydrogens (tertiary/aromatic N) is 2. The third-order valence-corrected chi connectivity index (χ3v) is 1.89. The Morgan fingerprint density at radius 3 is 2.94 bits per heavy atom. The van der Waals surface area contributed by atoms with E-state index in [0.717, 1.165) is 5.56 Å². The molecule has 1 N–H and O–H groups in total. The SMILES string of the molecule is CNCc1ccc([N+](=O)[O-])c(OCC#N)c1. The first-order chi connectivity index (χ1) is 7.69. The van der Waals surface area contributed by atoms with Crippen LogP contribution in [0.5, 0.6) is 5.75 Å². The summed E-state index contributed by atoms with van der Waals surface area (Å²) >= 11 is 0. The Bertz CT molecular complexity index is 426. The number of hydrogen-bond donors (Lipinski definition) is 1. The fourth-order valence-electron chi connectivity index (χ4n) is 1.25. The molecule has 0 radical (unpaired) electrons. The van der Waals surface area contributed by atoms with Crippen LogP contribution in [0.2, 0.25) is 0 Å². The number of nitrogens with one attached hydrogen (secondary N) is 1. The maximum Gasteiger partial charge on any atom is 0.310 e. The van der Waals surface area contributed by atoms with Gasteiger partial charge in [-0.3, -0.25) is 10.1 Å². The van der Waals surface area contributed by atoms with Gasteiger partial charge in [-0.05, 0) is 18.7 Å². The fourth-order valence-corrected chi connectivity index (χ4v) is 1.25. The molecule has 1 aromatic carbocycles. The average Bonchev–Trinajstić information content (AvgIpc) is 2.26. The lowest BCUT2D eigenvalue weighted by Crippen LogP contribution is -2.06. The molecule has 0 saturated heterocycles. The van der Waals surface area contributed by atoms with Gasteiger partial charge in [-0.1, -0.05) is 6.07 Å². The van der Waals surface area contributed by atoms with Crippen molar-refractivity contribution in [2.24, 2.45) is 0 Å². The van der Waals surface area contributed by atoms with E-state index in [1.165, 1.54) is 6.07 Å². The van der Waals surface area contributed by atoms with E-state index in [9.17, 15) is 10.1 Å². The highest BCUT2D eigenvalue weighted by atomic mass is 16.6. The molecule has 84 valence electrons. The van der Waals surface area contributed by atoms with Crippen LogP contribution in [-0.4, -0.2) is 18.6 Å². The van der Waals surface area contributed by atoms with Crippen molar-refractivity contribution in [2.45, 2.75) is 6.54 Å². The molecule has 0 spiro atoms. The summed E-state index contributed by atoms with van der Waals surface area (Å²) in [6.07, 6.45) is 0. The molecule has 0 aliphatic heterocycles. The van der Waals surface area contributed by atoms with E-state index in [0.29, 0.717) is 6.54 Å². The standard InChI is InChI=1S/C10H11N3O3/c1-12-7-8-2-3-9(13(14)15)10(6-8)16-5-4-11/h2-3,6,12H,5,7H2,1H3. The van der Waals surface area contributed by atoms with Gasteiger partial charge in [-0.2, -0.15) is 5.26 Å². The highest BCUT2D eigenvalue weighted by Crippen LogP contribution is 2.27. The minimum atomic E-state index is -0.532. The molecule has 1 aromatic rings. The van der Waals surface area contributed by atoms with Crippen LogP contribution in [-0.2, 0) is 6.54 Å². The van der Waals surface area contributed by atoms with Crippen molar-refractivity contribution >= 4 is 5.69 Å². The molecule has 0 atom stereocenters. The minimum Gasteiger partial charge on any atom is -0.472 e. The second-order valence-corrected chi connectivity index (χ2v) is 3.04. The molecule has 0 heterocycles. The summed E-state index contributed by atoms with van der Waals surface area (Å²) in [5.41, 5.74) is 0.733. The van der Waals surface area contributed by atoms with Crippen molar-refractivity contribution in [1.29, 1.82) is 5.26 Å². The molecule has 0 unspecified atom stereocenters. The van der Waals surface area contributed by atoms with Gasteiger partial charge >= 0.3 is 5.69 Å². The van der Waals surface area contributed by atoms with E-state index in [2.05, 4.69) is 5.32 Å². The Morgan fingerprint density at radius 1 is 1.62 bits per heavy atom. The van der Waals surface area contributed by atoms with Gasteiger partial charge in [0.05, 0.1) is 4.92 Å². The fraction of sp³-hybridized carbons (Fsp3) is 0.300. The second-order valence-electron chi connectivity index (χ2n) is 3.04. The summed E-state index contributed by atoms with van der Waals surface area (Å²) in [5, 5.41) is 22.0. The molecule has 1 rings (SSSR count). The van der Waals surface area contributed by atoms with Crippen LogP contribution < -0.4 is 10.1 Å². The van der Waals surface area contributed by atoms with Crippen molar-refractivity contribution in [2.75, 3.05) is 13.7 Å². The van der Waals surface area contributed by atoms with Crippen LogP contribution in [0.25, 0.3) is 0 Å². The third-order valence-electron chi connectivity index (χ3n) is 1.89. The predicted molar refractivity (Wildman–Crippen MR) is 57.0 cm³/mol. The lowest BCUT2D eigenvalue weighted by Gasteiger charge is -2.05. The monoisotopic (exact) mass is 221 g/mol. The number of hydrogen-bond acceptors (Lipinski definition) is 5. The Morgan fingerprint density at radius 2 is 2.38 bits per heavy atom. The molecular formula is C10H11N3O3. The van der Waals surface area contributed by atoms with Crippen LogP contribution in [0, 0.1) is 21.4 Å². The highest BCUT2D eigenvalue weighted by molar-refractivity contribution is 5.48. The zero-order chi connectivity index (χ0) is 12.0. The normalized spacial score (nSPS) is 9.50. The predicted octanol–water partition coefficient (Wildman–Crippen LogP) is 1.22. The molecule has 16 heavy (non-hydrogen) atoms. The number of benzene rings is 1. The second kappa shape index (κ2) is 5.68. The topological polar surface area (TPSA) is 88.2 Å². The van der Waals surface area contributed by atoms with E-state index in [4.69, 9.17) is 10.00 Å². The van der Waals surface area contributed by atoms with Crippen molar-refractivity contribution < 1.29 is 9.66 Å². The zero-order valence-electron chi connectivity index (χ0n) is 8.77. The van der Waals surface area contributed by atoms with Crippen molar-refractivity contribution in [1.82, 2.24) is 5.32 Å². The van der Waals surface area contributed by atoms with Gasteiger partial charge in [0.15, 0.2) is 12.4 Å². The summed E-state index contributed by atoms with van der Waals surface area (Å²) in [7, 11) is 1.78. The molecule has 0 aliphatic rings. The van der Waals surface area contributed by atoms with Crippen LogP contribution in [0.4, 0.5) is 5.69 Å². The molecular weight excluding hydrogens is 210 g/mol.